The molecule has 7 atom stereocenters. The number of carbonyl (C=O) groups excluding carboxylic acids is 4. The molecule has 0 aliphatic heterocycles. The Bertz CT molecular complexity index is 1580. The molecular weight excluding hydrogens is 1050 g/mol. The Labute approximate surface area is 479 Å². The number of aliphatic hydroxyl groups excluding tert-OH is 1. The summed E-state index contributed by atoms with van der Waals surface area (Å²) in [4.78, 5) is 71.8. The third kappa shape index (κ3) is 52.6. The fraction of sp³-hybridized carbons (Fsp3) is 0.933. The van der Waals surface area contributed by atoms with Crippen LogP contribution in [0.15, 0.2) is 0 Å². The molecule has 4 unspecified atom stereocenters. The lowest BCUT2D eigenvalue weighted by molar-refractivity contribution is -0.161. The van der Waals surface area contributed by atoms with Crippen LogP contribution in [0.3, 0.4) is 0 Å². The number of hydrogen-bond acceptors (Lipinski definition) is 15. The van der Waals surface area contributed by atoms with Crippen LogP contribution >= 0.6 is 15.6 Å². The molecule has 0 aromatic carbocycles. The first-order valence-corrected chi connectivity index (χ1v) is 34.4. The third-order valence-corrected chi connectivity index (χ3v) is 16.3. The van der Waals surface area contributed by atoms with Gasteiger partial charge in [0.1, 0.15) is 19.3 Å². The summed E-state index contributed by atoms with van der Waals surface area (Å²) in [5, 5.41) is 10.5. The minimum absolute atomic E-state index is 0.101. The van der Waals surface area contributed by atoms with E-state index in [0.29, 0.717) is 25.7 Å². The largest absolute Gasteiger partial charge is 0.472 e. The van der Waals surface area contributed by atoms with Gasteiger partial charge in [-0.25, -0.2) is 9.13 Å². The fourth-order valence-corrected chi connectivity index (χ4v) is 10.3. The van der Waals surface area contributed by atoms with Crippen molar-refractivity contribution in [2.24, 2.45) is 17.8 Å². The van der Waals surface area contributed by atoms with Crippen LogP contribution in [0, 0.1) is 17.8 Å². The van der Waals surface area contributed by atoms with Gasteiger partial charge in [-0.1, -0.05) is 235 Å². The summed E-state index contributed by atoms with van der Waals surface area (Å²) in [5.41, 5.74) is 0. The first-order chi connectivity index (χ1) is 37.8. The van der Waals surface area contributed by atoms with Gasteiger partial charge in [0, 0.05) is 25.7 Å². The van der Waals surface area contributed by atoms with Crippen molar-refractivity contribution >= 4 is 39.5 Å². The molecule has 468 valence electrons. The van der Waals surface area contributed by atoms with Crippen LogP contribution < -0.4 is 0 Å². The first kappa shape index (κ1) is 77.1. The number of phosphoric ester groups is 2. The lowest BCUT2D eigenvalue weighted by Gasteiger charge is -2.21. The number of rotatable bonds is 58. The van der Waals surface area contributed by atoms with E-state index in [0.717, 1.165) is 114 Å². The summed E-state index contributed by atoms with van der Waals surface area (Å²) in [6.07, 6.45) is 31.1. The number of phosphoric acid groups is 2. The van der Waals surface area contributed by atoms with E-state index >= 15 is 0 Å². The maximum atomic E-state index is 12.9. The number of carbonyl (C=O) groups is 4. The number of unbranched alkanes of at least 4 members (excludes halogenated alkanes) is 24. The van der Waals surface area contributed by atoms with E-state index in [1.54, 1.807) is 0 Å². The number of esters is 4. The van der Waals surface area contributed by atoms with Crippen molar-refractivity contribution in [2.45, 2.75) is 304 Å². The Balaban J connectivity index is 5.21. The van der Waals surface area contributed by atoms with Crippen LogP contribution in [0.25, 0.3) is 0 Å². The topological polar surface area (TPSA) is 237 Å². The van der Waals surface area contributed by atoms with E-state index in [1.165, 1.54) is 89.9 Å². The molecule has 0 aliphatic carbocycles. The second-order valence-electron chi connectivity index (χ2n) is 22.7. The van der Waals surface area contributed by atoms with Gasteiger partial charge in [0.25, 0.3) is 0 Å². The Morgan fingerprint density at radius 3 is 0.962 bits per heavy atom. The summed E-state index contributed by atoms with van der Waals surface area (Å²) in [6.45, 7) is 11.6. The highest BCUT2D eigenvalue weighted by atomic mass is 31.2. The van der Waals surface area contributed by atoms with Crippen LogP contribution in [0.1, 0.15) is 286 Å². The monoisotopic (exact) mass is 1170 g/mol. The molecule has 17 nitrogen and oxygen atoms in total. The van der Waals surface area contributed by atoms with Crippen LogP contribution in [-0.2, 0) is 65.4 Å². The Hall–Kier alpha value is -1.94. The van der Waals surface area contributed by atoms with Gasteiger partial charge in [0.15, 0.2) is 12.2 Å². The third-order valence-electron chi connectivity index (χ3n) is 14.4. The van der Waals surface area contributed by atoms with Crippen molar-refractivity contribution in [3.05, 3.63) is 0 Å². The number of ether oxygens (including phenoxy) is 4. The second-order valence-corrected chi connectivity index (χ2v) is 25.6. The maximum absolute atomic E-state index is 12.9. The van der Waals surface area contributed by atoms with Crippen molar-refractivity contribution in [3.8, 4) is 0 Å². The van der Waals surface area contributed by atoms with E-state index in [9.17, 15) is 43.2 Å². The molecule has 0 aromatic heterocycles. The summed E-state index contributed by atoms with van der Waals surface area (Å²) in [5.74, 6) is 0.0797. The van der Waals surface area contributed by atoms with Gasteiger partial charge in [0.05, 0.1) is 26.4 Å². The van der Waals surface area contributed by atoms with Crippen LogP contribution in [0.4, 0.5) is 0 Å². The zero-order valence-corrected chi connectivity index (χ0v) is 52.6. The summed E-state index contributed by atoms with van der Waals surface area (Å²) in [6, 6.07) is 0. The van der Waals surface area contributed by atoms with Crippen molar-refractivity contribution < 1.29 is 80.2 Å². The molecule has 0 aliphatic rings. The molecule has 0 radical (unpaired) electrons. The predicted octanol–water partition coefficient (Wildman–Crippen LogP) is 15.9. The van der Waals surface area contributed by atoms with Crippen molar-refractivity contribution in [3.63, 3.8) is 0 Å². The average Bonchev–Trinajstić information content (AvgIpc) is 3.41. The first-order valence-electron chi connectivity index (χ1n) is 31.4. The van der Waals surface area contributed by atoms with E-state index in [1.807, 2.05) is 0 Å². The standard InChI is InChI=1S/C60H116O17P2/c1-8-11-12-24-34-41-57(62)70-47-55(77-60(65)44-37-30-23-22-27-33-40-53(7)10-3)49-74-78(66,67)72-45-54(61)46-73-79(68,69)75-50-56(76-59(64)43-36-29-21-15-13-14-18-25-31-38-51(4)5)48-71-58(63)42-35-28-20-17-16-19-26-32-39-52(6)9-2/h51-56,61H,8-50H2,1-7H3,(H,66,67)(H,68,69)/t52?,53?,54-,55+,56+/m0/s1. The predicted molar refractivity (Wildman–Crippen MR) is 312 cm³/mol. The van der Waals surface area contributed by atoms with Crippen molar-refractivity contribution in [1.29, 1.82) is 0 Å². The molecule has 0 heterocycles. The van der Waals surface area contributed by atoms with Crippen molar-refractivity contribution in [1.82, 2.24) is 0 Å². The van der Waals surface area contributed by atoms with Gasteiger partial charge < -0.3 is 33.8 Å². The molecular formula is C60H116O17P2. The summed E-state index contributed by atoms with van der Waals surface area (Å²) >= 11 is 0. The zero-order valence-electron chi connectivity index (χ0n) is 50.8. The van der Waals surface area contributed by atoms with Crippen LogP contribution in [0.5, 0.6) is 0 Å². The van der Waals surface area contributed by atoms with Gasteiger partial charge in [-0.15, -0.1) is 0 Å². The second kappa shape index (κ2) is 51.7. The normalized spacial score (nSPS) is 15.2. The fourth-order valence-electron chi connectivity index (χ4n) is 8.71. The molecule has 3 N–H and O–H groups in total. The van der Waals surface area contributed by atoms with Gasteiger partial charge in [-0.05, 0) is 43.4 Å². The van der Waals surface area contributed by atoms with Crippen LogP contribution in [0.2, 0.25) is 0 Å². The Morgan fingerprint density at radius 1 is 0.367 bits per heavy atom. The summed E-state index contributed by atoms with van der Waals surface area (Å²) < 4.78 is 67.6. The molecule has 0 spiro atoms. The molecule has 0 saturated heterocycles. The zero-order chi connectivity index (χ0) is 58.8. The Kier molecular flexibility index (Phi) is 50.4. The molecule has 0 rings (SSSR count). The highest BCUT2D eigenvalue weighted by Gasteiger charge is 2.30. The molecule has 19 heteroatoms. The average molecular weight is 1170 g/mol. The van der Waals surface area contributed by atoms with E-state index in [4.69, 9.17) is 37.0 Å². The van der Waals surface area contributed by atoms with E-state index in [2.05, 4.69) is 48.5 Å². The number of hydrogen-bond donors (Lipinski definition) is 3. The minimum atomic E-state index is -4.94. The quantitative estimate of drug-likeness (QED) is 0.0222. The van der Waals surface area contributed by atoms with Crippen LogP contribution in [-0.4, -0.2) is 96.7 Å². The highest BCUT2D eigenvalue weighted by Crippen LogP contribution is 2.45. The van der Waals surface area contributed by atoms with E-state index in [-0.39, 0.29) is 25.7 Å². The van der Waals surface area contributed by atoms with Gasteiger partial charge >= 0.3 is 39.5 Å². The molecule has 0 aromatic rings. The van der Waals surface area contributed by atoms with Crippen molar-refractivity contribution in [2.75, 3.05) is 39.6 Å². The maximum Gasteiger partial charge on any atom is 0.472 e. The summed E-state index contributed by atoms with van der Waals surface area (Å²) in [7, 11) is -9.87. The molecule has 0 fully saturated rings. The van der Waals surface area contributed by atoms with Gasteiger partial charge in [-0.2, -0.15) is 0 Å². The lowest BCUT2D eigenvalue weighted by Crippen LogP contribution is -2.30. The van der Waals surface area contributed by atoms with E-state index < -0.39 is 97.5 Å². The SMILES string of the molecule is CCCCCCCC(=O)OC[C@H](COP(=O)(O)OC[C@H](O)COP(=O)(O)OC[C@@H](COC(=O)CCCCCCCCCCC(C)CC)OC(=O)CCCCCCCCCCCC(C)C)OC(=O)CCCCCCCCC(C)CC. The molecule has 0 saturated carbocycles. The minimum Gasteiger partial charge on any atom is -0.462 e. The van der Waals surface area contributed by atoms with Gasteiger partial charge in [0.2, 0.25) is 0 Å². The smallest absolute Gasteiger partial charge is 0.462 e. The lowest BCUT2D eigenvalue weighted by atomic mass is 9.99. The highest BCUT2D eigenvalue weighted by molar-refractivity contribution is 7.47. The molecule has 0 bridgehead atoms. The molecule has 0 amide bonds. The molecule has 79 heavy (non-hydrogen) atoms. The van der Waals surface area contributed by atoms with Gasteiger partial charge in [-0.3, -0.25) is 37.3 Å². The number of aliphatic hydroxyl groups is 1. The Morgan fingerprint density at radius 2 is 0.646 bits per heavy atom.